The number of amides is 3. The van der Waals surface area contributed by atoms with Gasteiger partial charge in [0.2, 0.25) is 0 Å². The van der Waals surface area contributed by atoms with Crippen molar-refractivity contribution in [2.24, 2.45) is 0 Å². The molecule has 2 aliphatic rings. The van der Waals surface area contributed by atoms with Gasteiger partial charge in [0, 0.05) is 12.0 Å². The highest BCUT2D eigenvalue weighted by molar-refractivity contribution is 5.98. The summed E-state index contributed by atoms with van der Waals surface area (Å²) < 4.78 is 6.92. The van der Waals surface area contributed by atoms with E-state index in [1.165, 1.54) is 13.3 Å². The van der Waals surface area contributed by atoms with Gasteiger partial charge in [-0.05, 0) is 50.8 Å². The molecule has 0 bridgehead atoms. The second kappa shape index (κ2) is 9.32. The Labute approximate surface area is 181 Å². The molecule has 2 aliphatic carbocycles. The van der Waals surface area contributed by atoms with Crippen LogP contribution in [-0.2, 0) is 9.53 Å². The van der Waals surface area contributed by atoms with Crippen LogP contribution in [0.5, 0.6) is 0 Å². The fourth-order valence-corrected chi connectivity index (χ4v) is 3.85. The minimum absolute atomic E-state index is 0.0838. The summed E-state index contributed by atoms with van der Waals surface area (Å²) >= 11 is 0. The molecule has 1 aromatic heterocycles. The molecule has 2 aromatic rings. The zero-order valence-electron chi connectivity index (χ0n) is 17.7. The molecule has 1 heterocycles. The molecule has 0 unspecified atom stereocenters. The van der Waals surface area contributed by atoms with Gasteiger partial charge in [0.05, 0.1) is 11.4 Å². The van der Waals surface area contributed by atoms with Crippen molar-refractivity contribution in [1.29, 1.82) is 0 Å². The van der Waals surface area contributed by atoms with Gasteiger partial charge in [-0.1, -0.05) is 37.5 Å². The number of carbonyl (C=O) groups excluding carboxylic acids is 3. The molecule has 164 valence electrons. The first-order valence-electron chi connectivity index (χ1n) is 11.0. The third-order valence-corrected chi connectivity index (χ3v) is 5.76. The molecule has 1 aromatic carbocycles. The highest BCUT2D eigenvalue weighted by atomic mass is 16.5. The summed E-state index contributed by atoms with van der Waals surface area (Å²) in [5, 5.41) is 9.67. The van der Waals surface area contributed by atoms with Crippen LogP contribution in [0.15, 0.2) is 36.4 Å². The monoisotopic (exact) mass is 424 g/mol. The average Bonchev–Trinajstić information content (AvgIpc) is 3.53. The van der Waals surface area contributed by atoms with E-state index in [2.05, 4.69) is 15.7 Å². The summed E-state index contributed by atoms with van der Waals surface area (Å²) in [5.74, 6) is -0.950. The molecule has 2 N–H and O–H groups in total. The number of esters is 1. The highest BCUT2D eigenvalue weighted by Crippen LogP contribution is 2.39. The number of aromatic nitrogens is 2. The molecule has 0 saturated heterocycles. The lowest BCUT2D eigenvalue weighted by Gasteiger charge is -2.23. The van der Waals surface area contributed by atoms with Crippen molar-refractivity contribution in [3.8, 4) is 5.69 Å². The van der Waals surface area contributed by atoms with E-state index in [4.69, 9.17) is 4.74 Å². The Hall–Kier alpha value is -3.16. The number of para-hydroxylation sites is 1. The lowest BCUT2D eigenvalue weighted by atomic mass is 9.96. The number of hydrogen-bond donors (Lipinski definition) is 2. The lowest BCUT2D eigenvalue weighted by molar-refractivity contribution is -0.127. The van der Waals surface area contributed by atoms with Crippen LogP contribution in [0, 0.1) is 0 Å². The molecule has 0 radical (unpaired) electrons. The van der Waals surface area contributed by atoms with Gasteiger partial charge in [0.1, 0.15) is 0 Å². The Morgan fingerprint density at radius 2 is 1.77 bits per heavy atom. The minimum atomic E-state index is -1.12. The van der Waals surface area contributed by atoms with E-state index >= 15 is 0 Å². The Morgan fingerprint density at radius 3 is 2.45 bits per heavy atom. The number of nitrogens with zero attached hydrogens (tertiary/aromatic N) is 2. The Balaban J connectivity index is 1.39. The first kappa shape index (κ1) is 21.1. The van der Waals surface area contributed by atoms with Crippen molar-refractivity contribution in [3.63, 3.8) is 0 Å². The zero-order valence-corrected chi connectivity index (χ0v) is 17.7. The van der Waals surface area contributed by atoms with Crippen LogP contribution in [0.4, 0.5) is 4.79 Å². The maximum atomic E-state index is 12.8. The van der Waals surface area contributed by atoms with E-state index < -0.39 is 24.0 Å². The number of rotatable bonds is 6. The summed E-state index contributed by atoms with van der Waals surface area (Å²) in [6.07, 6.45) is 6.14. The van der Waals surface area contributed by atoms with Crippen molar-refractivity contribution in [2.75, 3.05) is 0 Å². The largest absolute Gasteiger partial charge is 0.448 e. The van der Waals surface area contributed by atoms with Crippen LogP contribution < -0.4 is 10.6 Å². The predicted octanol–water partition coefficient (Wildman–Crippen LogP) is 3.45. The molecule has 1 atom stereocenters. The number of nitrogens with one attached hydrogen (secondary N) is 2. The van der Waals surface area contributed by atoms with Gasteiger partial charge in [0.25, 0.3) is 5.91 Å². The molecule has 0 spiro atoms. The Morgan fingerprint density at radius 1 is 1.06 bits per heavy atom. The molecule has 4 rings (SSSR count). The van der Waals surface area contributed by atoms with Crippen molar-refractivity contribution in [3.05, 3.63) is 47.8 Å². The maximum Gasteiger partial charge on any atom is 0.357 e. The molecule has 31 heavy (non-hydrogen) atoms. The van der Waals surface area contributed by atoms with Crippen LogP contribution >= 0.6 is 0 Å². The van der Waals surface area contributed by atoms with Crippen LogP contribution in [0.2, 0.25) is 0 Å². The van der Waals surface area contributed by atoms with E-state index in [0.29, 0.717) is 5.92 Å². The maximum absolute atomic E-state index is 12.8. The molecule has 0 aliphatic heterocycles. The smallest absolute Gasteiger partial charge is 0.357 e. The molecule has 3 amide bonds. The van der Waals surface area contributed by atoms with E-state index in [0.717, 1.165) is 49.9 Å². The summed E-state index contributed by atoms with van der Waals surface area (Å²) in [6.45, 7) is 1.45. The zero-order chi connectivity index (χ0) is 21.8. The van der Waals surface area contributed by atoms with Gasteiger partial charge in [0.15, 0.2) is 11.8 Å². The standard InChI is InChI=1S/C23H28N4O4/c1-15(21(28)25-23(30)24-17-8-4-2-5-9-17)31-22(29)20-14-19(16-12-13-16)26-27(20)18-10-6-3-7-11-18/h3,6-7,10-11,14-17H,2,4-5,8-9,12-13H2,1H3,(H2,24,25,28,30)/t15-/m0/s1. The molecule has 2 fully saturated rings. The van der Waals surface area contributed by atoms with Gasteiger partial charge in [-0.2, -0.15) is 5.10 Å². The van der Waals surface area contributed by atoms with Crippen LogP contribution in [0.1, 0.15) is 74.0 Å². The van der Waals surface area contributed by atoms with Crippen molar-refractivity contribution < 1.29 is 19.1 Å². The van der Waals surface area contributed by atoms with E-state index in [9.17, 15) is 14.4 Å². The van der Waals surface area contributed by atoms with E-state index in [1.54, 1.807) is 10.7 Å². The first-order chi connectivity index (χ1) is 15.0. The van der Waals surface area contributed by atoms with Crippen LogP contribution in [0.3, 0.4) is 0 Å². The van der Waals surface area contributed by atoms with Gasteiger partial charge >= 0.3 is 12.0 Å². The molecule has 2 saturated carbocycles. The first-order valence-corrected chi connectivity index (χ1v) is 11.0. The SMILES string of the molecule is C[C@H](OC(=O)c1cc(C2CC2)nn1-c1ccccc1)C(=O)NC(=O)NC1CCCCC1. The summed E-state index contributed by atoms with van der Waals surface area (Å²) in [5.41, 5.74) is 1.85. The van der Waals surface area contributed by atoms with Gasteiger partial charge < -0.3 is 10.1 Å². The normalized spacial score (nSPS) is 17.6. The number of ether oxygens (including phenoxy) is 1. The number of urea groups is 1. The second-order valence-electron chi connectivity index (χ2n) is 8.32. The molecular weight excluding hydrogens is 396 g/mol. The molecule has 8 heteroatoms. The predicted molar refractivity (Wildman–Crippen MR) is 114 cm³/mol. The van der Waals surface area contributed by atoms with Gasteiger partial charge in [-0.25, -0.2) is 14.3 Å². The third kappa shape index (κ3) is 5.31. The van der Waals surface area contributed by atoms with Crippen LogP contribution in [-0.4, -0.2) is 39.8 Å². The topological polar surface area (TPSA) is 102 Å². The fourth-order valence-electron chi connectivity index (χ4n) is 3.85. The number of hydrogen-bond acceptors (Lipinski definition) is 5. The quantitative estimate of drug-likeness (QED) is 0.692. The number of benzene rings is 1. The second-order valence-corrected chi connectivity index (χ2v) is 8.32. The van der Waals surface area contributed by atoms with Gasteiger partial charge in [-0.15, -0.1) is 0 Å². The Kier molecular flexibility index (Phi) is 6.34. The van der Waals surface area contributed by atoms with Crippen molar-refractivity contribution >= 4 is 17.9 Å². The molecular formula is C23H28N4O4. The fraction of sp³-hybridized carbons (Fsp3) is 0.478. The Bertz CT molecular complexity index is 946. The molecule has 8 nitrogen and oxygen atoms in total. The summed E-state index contributed by atoms with van der Waals surface area (Å²) in [6, 6.07) is 10.6. The van der Waals surface area contributed by atoms with Gasteiger partial charge in [-0.3, -0.25) is 10.1 Å². The third-order valence-electron chi connectivity index (χ3n) is 5.76. The lowest BCUT2D eigenvalue weighted by Crippen LogP contribution is -2.48. The van der Waals surface area contributed by atoms with E-state index in [-0.39, 0.29) is 11.7 Å². The average molecular weight is 425 g/mol. The highest BCUT2D eigenvalue weighted by Gasteiger charge is 2.30. The van der Waals surface area contributed by atoms with E-state index in [1.807, 2.05) is 30.3 Å². The number of carbonyl (C=O) groups is 3. The minimum Gasteiger partial charge on any atom is -0.448 e. The summed E-state index contributed by atoms with van der Waals surface area (Å²) in [7, 11) is 0. The number of imide groups is 1. The summed E-state index contributed by atoms with van der Waals surface area (Å²) in [4.78, 5) is 37.3. The van der Waals surface area contributed by atoms with Crippen LogP contribution in [0.25, 0.3) is 5.69 Å². The van der Waals surface area contributed by atoms with Crippen molar-refractivity contribution in [2.45, 2.75) is 69.9 Å². The van der Waals surface area contributed by atoms with Crippen molar-refractivity contribution in [1.82, 2.24) is 20.4 Å².